The van der Waals surface area contributed by atoms with E-state index in [1.807, 2.05) is 18.3 Å². The standard InChI is InChI=1S/C26H25ClN6OS/c1-3-23-28-14-18-15-32(12-13-33(18)23)25-19-10-11-31(16-21(19)29-26(30-25)35(2)34)22-9-5-7-17-6-4-8-20(27)24(17)22/h3-9,14H,1,10-13,15-16H2,2H3. The average Bonchev–Trinajstić information content (AvgIpc) is 3.30. The molecule has 2 aromatic carbocycles. The Kier molecular flexibility index (Phi) is 5.67. The second kappa shape index (κ2) is 8.86. The first-order valence-corrected chi connectivity index (χ1v) is 13.5. The van der Waals surface area contributed by atoms with Gasteiger partial charge in [0.2, 0.25) is 0 Å². The minimum atomic E-state index is -1.29. The third-order valence-corrected chi connectivity index (χ3v) is 7.86. The smallest absolute Gasteiger partial charge is 0.344 e. The van der Waals surface area contributed by atoms with Gasteiger partial charge in [-0.25, -0.2) is 4.98 Å². The third-order valence-electron chi connectivity index (χ3n) is 6.85. The average molecular weight is 505 g/mol. The van der Waals surface area contributed by atoms with Crippen molar-refractivity contribution in [2.75, 3.05) is 29.1 Å². The highest BCUT2D eigenvalue weighted by atomic mass is 35.5. The predicted octanol–water partition coefficient (Wildman–Crippen LogP) is 4.44. The van der Waals surface area contributed by atoms with Crippen LogP contribution in [0.2, 0.25) is 5.02 Å². The monoisotopic (exact) mass is 504 g/mol. The molecule has 0 N–H and O–H groups in total. The number of anilines is 2. The number of rotatable bonds is 4. The van der Waals surface area contributed by atoms with Gasteiger partial charge in [-0.2, -0.15) is 9.97 Å². The van der Waals surface area contributed by atoms with Crippen LogP contribution >= 0.6 is 11.6 Å². The molecule has 35 heavy (non-hydrogen) atoms. The summed E-state index contributed by atoms with van der Waals surface area (Å²) in [4.78, 5) is 18.6. The van der Waals surface area contributed by atoms with Crippen molar-refractivity contribution in [3.05, 3.63) is 77.0 Å². The Labute approximate surface area is 212 Å². The van der Waals surface area contributed by atoms with Gasteiger partial charge in [0.15, 0.2) is 0 Å². The van der Waals surface area contributed by atoms with E-state index in [0.717, 1.165) is 76.1 Å². The lowest BCUT2D eigenvalue weighted by molar-refractivity contribution is 0.552. The normalized spacial score (nSPS) is 16.2. The highest BCUT2D eigenvalue weighted by Gasteiger charge is 2.30. The number of aromatic nitrogens is 4. The summed E-state index contributed by atoms with van der Waals surface area (Å²) >= 11 is 5.33. The molecule has 0 saturated carbocycles. The summed E-state index contributed by atoms with van der Waals surface area (Å²) < 4.78 is 14.7. The molecule has 178 valence electrons. The lowest BCUT2D eigenvalue weighted by atomic mass is 10.0. The quantitative estimate of drug-likeness (QED) is 0.302. The summed E-state index contributed by atoms with van der Waals surface area (Å²) in [6.45, 7) is 7.62. The Hall–Kier alpha value is -3.07. The molecule has 4 heterocycles. The molecule has 0 bridgehead atoms. The van der Waals surface area contributed by atoms with Crippen molar-refractivity contribution < 1.29 is 4.55 Å². The van der Waals surface area contributed by atoms with Crippen molar-refractivity contribution in [3.63, 3.8) is 0 Å². The zero-order valence-corrected chi connectivity index (χ0v) is 21.0. The molecule has 0 aliphatic carbocycles. The van der Waals surface area contributed by atoms with Crippen LogP contribution < -0.4 is 9.80 Å². The van der Waals surface area contributed by atoms with Gasteiger partial charge < -0.3 is 18.9 Å². The number of hydrogen-bond donors (Lipinski definition) is 0. The molecule has 0 radical (unpaired) electrons. The SMILES string of the molecule is C=Cc1ncc2n1CCN(c1nc([S+](C)[O-])nc3c1CCN(c1cccc4cccc(Cl)c14)C3)C2. The minimum absolute atomic E-state index is 0.377. The van der Waals surface area contributed by atoms with Gasteiger partial charge in [-0.05, 0) is 30.0 Å². The van der Waals surface area contributed by atoms with Crippen LogP contribution in [0.4, 0.5) is 11.5 Å². The molecule has 0 saturated heterocycles. The molecule has 2 aliphatic rings. The van der Waals surface area contributed by atoms with E-state index >= 15 is 0 Å². The fourth-order valence-electron chi connectivity index (χ4n) is 5.17. The fourth-order valence-corrected chi connectivity index (χ4v) is 5.91. The summed E-state index contributed by atoms with van der Waals surface area (Å²) in [6.07, 6.45) is 6.13. The van der Waals surface area contributed by atoms with Crippen LogP contribution in [0, 0.1) is 0 Å². The topological polar surface area (TPSA) is 73.1 Å². The summed E-state index contributed by atoms with van der Waals surface area (Å²) in [7, 11) is 0. The van der Waals surface area contributed by atoms with Crippen molar-refractivity contribution in [3.8, 4) is 0 Å². The van der Waals surface area contributed by atoms with Crippen LogP contribution in [-0.4, -0.2) is 43.4 Å². The molecule has 6 rings (SSSR count). The molecule has 1 unspecified atom stereocenters. The molecular weight excluding hydrogens is 480 g/mol. The molecule has 0 amide bonds. The van der Waals surface area contributed by atoms with Crippen molar-refractivity contribution >= 4 is 51.1 Å². The Morgan fingerprint density at radius 3 is 2.69 bits per heavy atom. The van der Waals surface area contributed by atoms with Crippen LogP contribution in [-0.2, 0) is 37.2 Å². The second-order valence-corrected chi connectivity index (χ2v) is 10.6. The Morgan fingerprint density at radius 2 is 1.89 bits per heavy atom. The van der Waals surface area contributed by atoms with Crippen LogP contribution in [0.1, 0.15) is 22.8 Å². The molecular formula is C26H25ClN6OS. The summed E-state index contributed by atoms with van der Waals surface area (Å²) in [5, 5.41) is 3.29. The number of benzene rings is 2. The second-order valence-electron chi connectivity index (χ2n) is 8.88. The molecule has 0 fully saturated rings. The van der Waals surface area contributed by atoms with Gasteiger partial charge in [-0.1, -0.05) is 42.4 Å². The van der Waals surface area contributed by atoms with Crippen molar-refractivity contribution in [2.45, 2.75) is 31.2 Å². The predicted molar refractivity (Wildman–Crippen MR) is 141 cm³/mol. The van der Waals surface area contributed by atoms with E-state index in [2.05, 4.69) is 50.2 Å². The fraction of sp³-hybridized carbons (Fsp3) is 0.269. The highest BCUT2D eigenvalue weighted by molar-refractivity contribution is 7.90. The first kappa shape index (κ1) is 22.4. The first-order chi connectivity index (χ1) is 17.0. The maximum atomic E-state index is 12.5. The van der Waals surface area contributed by atoms with Gasteiger partial charge in [0.05, 0.1) is 35.7 Å². The van der Waals surface area contributed by atoms with Gasteiger partial charge in [-0.3, -0.25) is 0 Å². The molecule has 7 nitrogen and oxygen atoms in total. The third kappa shape index (κ3) is 3.86. The maximum Gasteiger partial charge on any atom is 0.344 e. The van der Waals surface area contributed by atoms with Gasteiger partial charge >= 0.3 is 5.16 Å². The number of hydrogen-bond acceptors (Lipinski definition) is 6. The van der Waals surface area contributed by atoms with E-state index in [1.54, 1.807) is 12.3 Å². The number of fused-ring (bicyclic) bond motifs is 3. The molecule has 2 aliphatic heterocycles. The number of imidazole rings is 1. The summed E-state index contributed by atoms with van der Waals surface area (Å²) in [5.74, 6) is 1.78. The molecule has 2 aromatic heterocycles. The van der Waals surface area contributed by atoms with Gasteiger partial charge in [-0.15, -0.1) is 0 Å². The van der Waals surface area contributed by atoms with Crippen molar-refractivity contribution in [1.29, 1.82) is 0 Å². The molecule has 4 aromatic rings. The lowest BCUT2D eigenvalue weighted by Crippen LogP contribution is -2.38. The van der Waals surface area contributed by atoms with E-state index in [9.17, 15) is 4.55 Å². The largest absolute Gasteiger partial charge is 0.609 e. The number of nitrogens with zero attached hydrogens (tertiary/aromatic N) is 6. The molecule has 9 heteroatoms. The zero-order valence-electron chi connectivity index (χ0n) is 19.4. The van der Waals surface area contributed by atoms with Gasteiger partial charge in [0.1, 0.15) is 17.9 Å². The van der Waals surface area contributed by atoms with Gasteiger partial charge in [0.25, 0.3) is 0 Å². The lowest BCUT2D eigenvalue weighted by Gasteiger charge is -2.35. The summed E-state index contributed by atoms with van der Waals surface area (Å²) in [6, 6.07) is 12.3. The van der Waals surface area contributed by atoms with E-state index in [0.29, 0.717) is 18.2 Å². The Bertz CT molecular complexity index is 1450. The van der Waals surface area contributed by atoms with Crippen molar-refractivity contribution in [1.82, 2.24) is 19.5 Å². The number of halogens is 1. The van der Waals surface area contributed by atoms with Crippen LogP contribution in [0.3, 0.4) is 0 Å². The maximum absolute atomic E-state index is 12.5. The van der Waals surface area contributed by atoms with Crippen LogP contribution in [0.5, 0.6) is 0 Å². The molecule has 0 spiro atoms. The minimum Gasteiger partial charge on any atom is -0.609 e. The summed E-state index contributed by atoms with van der Waals surface area (Å²) in [5.41, 5.74) is 4.29. The molecule has 1 atom stereocenters. The highest BCUT2D eigenvalue weighted by Crippen LogP contribution is 2.37. The Morgan fingerprint density at radius 1 is 1.06 bits per heavy atom. The van der Waals surface area contributed by atoms with E-state index in [-0.39, 0.29) is 0 Å². The zero-order chi connectivity index (χ0) is 24.1. The Balaban J connectivity index is 1.39. The van der Waals surface area contributed by atoms with E-state index in [4.69, 9.17) is 21.6 Å². The van der Waals surface area contributed by atoms with Crippen LogP contribution in [0.15, 0.2) is 54.3 Å². The van der Waals surface area contributed by atoms with Crippen LogP contribution in [0.25, 0.3) is 16.8 Å². The van der Waals surface area contributed by atoms with E-state index in [1.165, 1.54) is 0 Å². The van der Waals surface area contributed by atoms with Gasteiger partial charge in [0, 0.05) is 47.4 Å². The van der Waals surface area contributed by atoms with Crippen molar-refractivity contribution in [2.24, 2.45) is 0 Å². The first-order valence-electron chi connectivity index (χ1n) is 11.6. The van der Waals surface area contributed by atoms with E-state index < -0.39 is 11.2 Å².